The molecule has 2 aromatic rings. The minimum Gasteiger partial charge on any atom is -0.484 e. The zero-order valence-corrected chi connectivity index (χ0v) is 16.9. The topological polar surface area (TPSA) is 32.8 Å². The lowest BCUT2D eigenvalue weighted by molar-refractivity contribution is -0.153. The van der Waals surface area contributed by atoms with Gasteiger partial charge in [-0.3, -0.25) is 9.69 Å². The quantitative estimate of drug-likeness (QED) is 0.647. The number of hydrogen-bond donors (Lipinski definition) is 0. The second-order valence-corrected chi connectivity index (χ2v) is 7.72. The van der Waals surface area contributed by atoms with Crippen LogP contribution >= 0.6 is 11.8 Å². The van der Waals surface area contributed by atoms with Crippen LogP contribution in [0.25, 0.3) is 0 Å². The molecule has 1 amide bonds. The number of hydrogen-bond acceptors (Lipinski definition) is 4. The maximum absolute atomic E-state index is 12.6. The highest BCUT2D eigenvalue weighted by atomic mass is 32.2. The molecular formula is C21H23F3N2O2S. The summed E-state index contributed by atoms with van der Waals surface area (Å²) >= 11 is 1.64. The molecule has 1 aliphatic heterocycles. The first-order valence-electron chi connectivity index (χ1n) is 9.28. The van der Waals surface area contributed by atoms with E-state index in [0.29, 0.717) is 25.2 Å². The van der Waals surface area contributed by atoms with Crippen molar-refractivity contribution in [3.63, 3.8) is 0 Å². The second kappa shape index (κ2) is 9.54. The van der Waals surface area contributed by atoms with E-state index in [1.807, 2.05) is 35.4 Å². The lowest BCUT2D eigenvalue weighted by Gasteiger charge is -2.34. The summed E-state index contributed by atoms with van der Waals surface area (Å²) in [5, 5.41) is 0. The van der Waals surface area contributed by atoms with Gasteiger partial charge in [0, 0.05) is 43.2 Å². The number of rotatable bonds is 6. The van der Waals surface area contributed by atoms with E-state index < -0.39 is 12.8 Å². The number of halogens is 3. The third-order valence-corrected chi connectivity index (χ3v) is 5.47. The molecule has 156 valence electrons. The van der Waals surface area contributed by atoms with Crippen LogP contribution < -0.4 is 4.74 Å². The molecule has 2 aromatic carbocycles. The van der Waals surface area contributed by atoms with E-state index in [1.165, 1.54) is 0 Å². The summed E-state index contributed by atoms with van der Waals surface area (Å²) in [5.74, 6) is 0.248. The zero-order valence-electron chi connectivity index (χ0n) is 16.1. The van der Waals surface area contributed by atoms with Crippen LogP contribution in [0.4, 0.5) is 13.2 Å². The summed E-state index contributed by atoms with van der Waals surface area (Å²) < 4.78 is 41.3. The first-order chi connectivity index (χ1) is 13.8. The molecule has 0 atom stereocenters. The van der Waals surface area contributed by atoms with Crippen LogP contribution in [0.5, 0.6) is 5.75 Å². The number of carbonyl (C=O) groups excluding carboxylic acids is 1. The van der Waals surface area contributed by atoms with Gasteiger partial charge in [-0.15, -0.1) is 11.8 Å². The Bertz CT molecular complexity index is 802. The van der Waals surface area contributed by atoms with Gasteiger partial charge in [0.2, 0.25) is 0 Å². The Morgan fingerprint density at radius 1 is 1.00 bits per heavy atom. The van der Waals surface area contributed by atoms with E-state index >= 15 is 0 Å². The van der Waals surface area contributed by atoms with E-state index in [4.69, 9.17) is 4.74 Å². The van der Waals surface area contributed by atoms with Gasteiger partial charge in [0.15, 0.2) is 6.61 Å². The molecule has 0 N–H and O–H groups in total. The molecule has 0 bridgehead atoms. The summed E-state index contributed by atoms with van der Waals surface area (Å²) in [6, 6.07) is 14.3. The number of amides is 1. The highest BCUT2D eigenvalue weighted by Gasteiger charge is 2.28. The molecule has 1 aliphatic rings. The van der Waals surface area contributed by atoms with Crippen LogP contribution in [0.1, 0.15) is 15.9 Å². The maximum atomic E-state index is 12.6. The highest BCUT2D eigenvalue weighted by Crippen LogP contribution is 2.20. The largest absolute Gasteiger partial charge is 0.484 e. The van der Waals surface area contributed by atoms with Crippen molar-refractivity contribution >= 4 is 17.7 Å². The predicted molar refractivity (Wildman–Crippen MR) is 107 cm³/mol. The minimum atomic E-state index is -4.34. The summed E-state index contributed by atoms with van der Waals surface area (Å²) in [6.45, 7) is 2.19. The maximum Gasteiger partial charge on any atom is 0.422 e. The van der Waals surface area contributed by atoms with Crippen molar-refractivity contribution in [1.29, 1.82) is 0 Å². The monoisotopic (exact) mass is 424 g/mol. The number of alkyl halides is 3. The Balaban J connectivity index is 1.47. The van der Waals surface area contributed by atoms with Crippen LogP contribution in [0.2, 0.25) is 0 Å². The van der Waals surface area contributed by atoms with Gasteiger partial charge in [-0.25, -0.2) is 0 Å². The first-order valence-corrected chi connectivity index (χ1v) is 10.5. The van der Waals surface area contributed by atoms with Crippen LogP contribution in [0, 0.1) is 0 Å². The Morgan fingerprint density at radius 3 is 2.17 bits per heavy atom. The number of nitrogens with zero attached hydrogens (tertiary/aromatic N) is 2. The molecule has 0 spiro atoms. The van der Waals surface area contributed by atoms with Gasteiger partial charge < -0.3 is 9.64 Å². The van der Waals surface area contributed by atoms with Crippen LogP contribution in [-0.4, -0.2) is 60.9 Å². The predicted octanol–water partition coefficient (Wildman–Crippen LogP) is 4.31. The average Bonchev–Trinajstić information content (AvgIpc) is 2.73. The highest BCUT2D eigenvalue weighted by molar-refractivity contribution is 7.98. The van der Waals surface area contributed by atoms with Gasteiger partial charge >= 0.3 is 6.18 Å². The zero-order chi connectivity index (χ0) is 20.9. The summed E-state index contributed by atoms with van der Waals surface area (Å²) in [4.78, 5) is 17.9. The van der Waals surface area contributed by atoms with Crippen molar-refractivity contribution in [3.8, 4) is 5.75 Å². The molecule has 1 saturated heterocycles. The standard InChI is InChI=1S/C21H23F3N2O2S/c1-29-19-8-4-17(5-9-19)20(27)26-12-10-25(11-13-26)14-16-2-6-18(7-3-16)28-15-21(22,23)24/h2-9H,10-15H2,1H3. The Labute approximate surface area is 172 Å². The Kier molecular flexibility index (Phi) is 7.08. The summed E-state index contributed by atoms with van der Waals surface area (Å²) in [6.07, 6.45) is -2.34. The van der Waals surface area contributed by atoms with E-state index in [1.54, 1.807) is 36.0 Å². The van der Waals surface area contributed by atoms with Crippen molar-refractivity contribution in [2.75, 3.05) is 39.0 Å². The molecule has 3 rings (SSSR count). The third kappa shape index (κ3) is 6.40. The fourth-order valence-corrected chi connectivity index (χ4v) is 3.55. The Hall–Kier alpha value is -2.19. The van der Waals surface area contributed by atoms with E-state index in [2.05, 4.69) is 4.90 Å². The molecule has 4 nitrogen and oxygen atoms in total. The number of benzene rings is 2. The molecule has 1 fully saturated rings. The SMILES string of the molecule is CSc1ccc(C(=O)N2CCN(Cc3ccc(OCC(F)(F)F)cc3)CC2)cc1. The number of ether oxygens (including phenoxy) is 1. The smallest absolute Gasteiger partial charge is 0.422 e. The van der Waals surface area contributed by atoms with E-state index in [0.717, 1.165) is 23.5 Å². The van der Waals surface area contributed by atoms with Crippen molar-refractivity contribution in [2.24, 2.45) is 0 Å². The van der Waals surface area contributed by atoms with Crippen molar-refractivity contribution in [3.05, 3.63) is 59.7 Å². The van der Waals surface area contributed by atoms with Gasteiger partial charge in [-0.1, -0.05) is 12.1 Å². The molecule has 0 aromatic heterocycles. The van der Waals surface area contributed by atoms with Crippen LogP contribution in [0.3, 0.4) is 0 Å². The second-order valence-electron chi connectivity index (χ2n) is 6.84. The van der Waals surface area contributed by atoms with Gasteiger partial charge in [0.05, 0.1) is 0 Å². The van der Waals surface area contributed by atoms with Gasteiger partial charge in [-0.05, 0) is 48.2 Å². The summed E-state index contributed by atoms with van der Waals surface area (Å²) in [7, 11) is 0. The molecule has 0 radical (unpaired) electrons. The molecule has 0 aliphatic carbocycles. The van der Waals surface area contributed by atoms with Crippen LogP contribution in [0.15, 0.2) is 53.4 Å². The molecule has 29 heavy (non-hydrogen) atoms. The normalized spacial score (nSPS) is 15.4. The van der Waals surface area contributed by atoms with Crippen molar-refractivity contribution in [2.45, 2.75) is 17.6 Å². The Morgan fingerprint density at radius 2 is 1.62 bits per heavy atom. The number of piperazine rings is 1. The lowest BCUT2D eigenvalue weighted by atomic mass is 10.1. The van der Waals surface area contributed by atoms with E-state index in [-0.39, 0.29) is 11.7 Å². The van der Waals surface area contributed by atoms with Gasteiger partial charge in [-0.2, -0.15) is 13.2 Å². The van der Waals surface area contributed by atoms with Gasteiger partial charge in [0.25, 0.3) is 5.91 Å². The van der Waals surface area contributed by atoms with E-state index in [9.17, 15) is 18.0 Å². The van der Waals surface area contributed by atoms with Crippen molar-refractivity contribution < 1.29 is 22.7 Å². The lowest BCUT2D eigenvalue weighted by Crippen LogP contribution is -2.48. The fraction of sp³-hybridized carbons (Fsp3) is 0.381. The first kappa shape index (κ1) is 21.5. The van der Waals surface area contributed by atoms with Crippen molar-refractivity contribution in [1.82, 2.24) is 9.80 Å². The van der Waals surface area contributed by atoms with Gasteiger partial charge in [0.1, 0.15) is 5.75 Å². The number of carbonyl (C=O) groups is 1. The minimum absolute atomic E-state index is 0.0449. The third-order valence-electron chi connectivity index (χ3n) is 4.73. The molecule has 8 heteroatoms. The molecule has 0 saturated carbocycles. The molecule has 0 unspecified atom stereocenters. The average molecular weight is 424 g/mol. The summed E-state index contributed by atoms with van der Waals surface area (Å²) in [5.41, 5.74) is 1.70. The molecule has 1 heterocycles. The van der Waals surface area contributed by atoms with Crippen LogP contribution in [-0.2, 0) is 6.54 Å². The molecular weight excluding hydrogens is 401 g/mol. The number of thioether (sulfide) groups is 1. The fourth-order valence-electron chi connectivity index (χ4n) is 3.14.